The van der Waals surface area contributed by atoms with E-state index in [1.54, 1.807) is 11.9 Å². The Labute approximate surface area is 200 Å². The van der Waals surface area contributed by atoms with Gasteiger partial charge in [0.15, 0.2) is 0 Å². The molecule has 0 aliphatic carbocycles. The first kappa shape index (κ1) is 23.1. The van der Waals surface area contributed by atoms with Crippen LogP contribution in [0.4, 0.5) is 0 Å². The van der Waals surface area contributed by atoms with Gasteiger partial charge in [-0.05, 0) is 71.3 Å². The van der Waals surface area contributed by atoms with Gasteiger partial charge < -0.3 is 4.74 Å². The lowest BCUT2D eigenvalue weighted by Gasteiger charge is -2.22. The van der Waals surface area contributed by atoms with E-state index in [2.05, 4.69) is 84.4 Å². The zero-order chi connectivity index (χ0) is 23.4. The van der Waals surface area contributed by atoms with Crippen LogP contribution < -0.4 is 4.72 Å². The minimum absolute atomic E-state index is 0.236. The Balaban J connectivity index is 1.45. The summed E-state index contributed by atoms with van der Waals surface area (Å²) in [6, 6.07) is 29.5. The molecule has 3 nitrogen and oxygen atoms in total. The van der Waals surface area contributed by atoms with Crippen molar-refractivity contribution in [2.75, 3.05) is 7.11 Å². The van der Waals surface area contributed by atoms with Gasteiger partial charge in [-0.25, -0.2) is 0 Å². The van der Waals surface area contributed by atoms with E-state index in [1.165, 1.54) is 33.9 Å². The second-order valence-electron chi connectivity index (χ2n) is 8.75. The van der Waals surface area contributed by atoms with Gasteiger partial charge in [0.2, 0.25) is 0 Å². The van der Waals surface area contributed by atoms with Crippen molar-refractivity contribution < 1.29 is 9.53 Å². The predicted molar refractivity (Wildman–Crippen MR) is 138 cm³/mol. The van der Waals surface area contributed by atoms with Crippen LogP contribution in [0.1, 0.15) is 30.5 Å². The molecule has 4 aromatic carbocycles. The van der Waals surface area contributed by atoms with E-state index in [4.69, 9.17) is 4.74 Å². The van der Waals surface area contributed by atoms with Gasteiger partial charge in [-0.2, -0.15) is 0 Å². The van der Waals surface area contributed by atoms with Gasteiger partial charge in [-0.1, -0.05) is 84.9 Å². The molecule has 4 aromatic rings. The monoisotopic (exact) mass is 455 g/mol. The van der Waals surface area contributed by atoms with Gasteiger partial charge in [0.25, 0.3) is 0 Å². The molecule has 168 valence electrons. The van der Waals surface area contributed by atoms with Crippen LogP contribution in [-0.2, 0) is 21.5 Å². The summed E-state index contributed by atoms with van der Waals surface area (Å²) < 4.78 is 8.51. The zero-order valence-corrected chi connectivity index (χ0v) is 20.3. The predicted octanol–water partition coefficient (Wildman–Crippen LogP) is 7.06. The first-order valence-electron chi connectivity index (χ1n) is 11.1. The number of rotatable bonds is 7. The highest BCUT2D eigenvalue weighted by Gasteiger charge is 2.30. The maximum Gasteiger partial charge on any atom is 0.315 e. The number of methoxy groups -OCH3 is 1. The maximum atomic E-state index is 12.2. The summed E-state index contributed by atoms with van der Waals surface area (Å²) in [5.74, 6) is -0.236. The molecule has 0 amide bonds. The summed E-state index contributed by atoms with van der Waals surface area (Å²) in [5.41, 5.74) is 4.96. The number of hydrogen-bond donors (Lipinski definition) is 1. The van der Waals surface area contributed by atoms with Crippen LogP contribution in [0.5, 0.6) is 0 Å². The number of esters is 1. The van der Waals surface area contributed by atoms with Crippen molar-refractivity contribution in [3.8, 4) is 11.1 Å². The minimum Gasteiger partial charge on any atom is -0.468 e. The molecule has 0 aliphatic rings. The lowest BCUT2D eigenvalue weighted by Crippen LogP contribution is -2.30. The van der Waals surface area contributed by atoms with Gasteiger partial charge in [0, 0.05) is 11.4 Å². The Kier molecular flexibility index (Phi) is 6.87. The summed E-state index contributed by atoms with van der Waals surface area (Å²) in [4.78, 5) is 13.5. The zero-order valence-electron chi connectivity index (χ0n) is 19.5. The molecule has 0 unspecified atom stereocenters. The number of ether oxygens (including phenoxy) is 1. The fraction of sp³-hybridized carbons (Fsp3) is 0.207. The third kappa shape index (κ3) is 4.97. The van der Waals surface area contributed by atoms with Crippen molar-refractivity contribution >= 4 is 28.7 Å². The summed E-state index contributed by atoms with van der Waals surface area (Å²) in [6.45, 7) is 6.70. The van der Waals surface area contributed by atoms with Gasteiger partial charge in [-0.15, -0.1) is 0 Å². The van der Waals surface area contributed by atoms with Crippen molar-refractivity contribution in [1.29, 1.82) is 0 Å². The Morgan fingerprint density at radius 3 is 2.42 bits per heavy atom. The minimum atomic E-state index is -0.689. The molecule has 0 spiro atoms. The van der Waals surface area contributed by atoms with E-state index in [0.29, 0.717) is 0 Å². The molecule has 0 atom stereocenters. The number of carbonyl (C=O) groups excluding carboxylic acids is 1. The van der Waals surface area contributed by atoms with Gasteiger partial charge >= 0.3 is 5.97 Å². The summed E-state index contributed by atoms with van der Waals surface area (Å²) in [5, 5.41) is 2.54. The second kappa shape index (κ2) is 9.82. The van der Waals surface area contributed by atoms with Crippen molar-refractivity contribution in [2.24, 2.45) is 0 Å². The van der Waals surface area contributed by atoms with Gasteiger partial charge in [0.05, 0.1) is 12.5 Å². The Bertz CT molecular complexity index is 1280. The summed E-state index contributed by atoms with van der Waals surface area (Å²) >= 11 is 1.69. The molecule has 0 aliphatic heterocycles. The van der Waals surface area contributed by atoms with Crippen molar-refractivity contribution in [1.82, 2.24) is 4.72 Å². The van der Waals surface area contributed by atoms with Crippen LogP contribution in [0, 0.1) is 6.92 Å². The van der Waals surface area contributed by atoms with Crippen LogP contribution in [0.15, 0.2) is 89.8 Å². The molecule has 0 radical (unpaired) electrons. The van der Waals surface area contributed by atoms with Crippen molar-refractivity contribution in [3.05, 3.63) is 102 Å². The largest absolute Gasteiger partial charge is 0.468 e. The van der Waals surface area contributed by atoms with E-state index >= 15 is 0 Å². The average Bonchev–Trinajstić information content (AvgIpc) is 2.85. The number of nitrogens with one attached hydrogen (secondary N) is 1. The molecule has 0 saturated heterocycles. The molecule has 1 N–H and O–H groups in total. The van der Waals surface area contributed by atoms with Crippen molar-refractivity contribution in [2.45, 2.75) is 37.6 Å². The van der Waals surface area contributed by atoms with Crippen LogP contribution in [0.25, 0.3) is 21.9 Å². The van der Waals surface area contributed by atoms with Crippen LogP contribution >= 0.6 is 11.9 Å². The van der Waals surface area contributed by atoms with E-state index < -0.39 is 5.41 Å². The molecular formula is C29H29NO2S. The lowest BCUT2D eigenvalue weighted by molar-refractivity contribution is -0.146. The molecule has 0 heterocycles. The smallest absolute Gasteiger partial charge is 0.315 e. The number of fused-ring (bicyclic) bond motifs is 1. The molecule has 4 heteroatoms. The van der Waals surface area contributed by atoms with Crippen molar-refractivity contribution in [3.63, 3.8) is 0 Å². The Hall–Kier alpha value is -3.08. The molecule has 4 rings (SSSR count). The SMILES string of the molecule is COC(=O)C(C)(C)c1cccc(-c2ccc(CNSc3c(C)ccc4ccccc34)cc2)c1. The first-order valence-corrected chi connectivity index (χ1v) is 11.9. The fourth-order valence-corrected chi connectivity index (χ4v) is 4.86. The van der Waals surface area contributed by atoms with E-state index in [9.17, 15) is 4.79 Å². The van der Waals surface area contributed by atoms with Crippen LogP contribution in [-0.4, -0.2) is 13.1 Å². The molecule has 33 heavy (non-hydrogen) atoms. The standard InChI is InChI=1S/C29H29NO2S/c1-20-12-15-23-8-5-6-11-26(23)27(20)33-30-19-21-13-16-22(17-14-21)24-9-7-10-25(18-24)29(2,3)28(31)32-4/h5-18,30H,19H2,1-4H3. The highest BCUT2D eigenvalue weighted by atomic mass is 32.2. The van der Waals surface area contributed by atoms with Crippen LogP contribution in [0.2, 0.25) is 0 Å². The number of benzene rings is 4. The Morgan fingerprint density at radius 2 is 1.67 bits per heavy atom. The fourth-order valence-electron chi connectivity index (χ4n) is 3.95. The number of aryl methyl sites for hydroxylation is 1. The number of carbonyl (C=O) groups is 1. The Morgan fingerprint density at radius 1 is 0.909 bits per heavy atom. The number of hydrogen-bond acceptors (Lipinski definition) is 4. The highest BCUT2D eigenvalue weighted by molar-refractivity contribution is 7.97. The van der Waals surface area contributed by atoms with E-state index in [0.717, 1.165) is 23.2 Å². The highest BCUT2D eigenvalue weighted by Crippen LogP contribution is 2.31. The lowest BCUT2D eigenvalue weighted by atomic mass is 9.83. The summed E-state index contributed by atoms with van der Waals surface area (Å²) in [6.07, 6.45) is 0. The van der Waals surface area contributed by atoms with E-state index in [-0.39, 0.29) is 5.97 Å². The molecule has 0 fully saturated rings. The first-order chi connectivity index (χ1) is 15.9. The topological polar surface area (TPSA) is 38.3 Å². The van der Waals surface area contributed by atoms with Gasteiger partial charge in [-0.3, -0.25) is 9.52 Å². The second-order valence-corrected chi connectivity index (χ2v) is 9.65. The third-order valence-corrected chi connectivity index (χ3v) is 7.13. The molecule has 0 aromatic heterocycles. The van der Waals surface area contributed by atoms with E-state index in [1.807, 2.05) is 26.0 Å². The quantitative estimate of drug-likeness (QED) is 0.239. The maximum absolute atomic E-state index is 12.2. The molecule has 0 saturated carbocycles. The molecular weight excluding hydrogens is 426 g/mol. The normalized spacial score (nSPS) is 11.5. The molecule has 0 bridgehead atoms. The third-order valence-electron chi connectivity index (χ3n) is 6.09. The van der Waals surface area contributed by atoms with Gasteiger partial charge in [0.1, 0.15) is 0 Å². The van der Waals surface area contributed by atoms with Crippen LogP contribution in [0.3, 0.4) is 0 Å². The average molecular weight is 456 g/mol. The summed E-state index contributed by atoms with van der Waals surface area (Å²) in [7, 11) is 1.43.